The van der Waals surface area contributed by atoms with E-state index in [0.29, 0.717) is 0 Å². The van der Waals surface area contributed by atoms with Gasteiger partial charge in [0.25, 0.3) is 0 Å². The molecular weight excluding hydrogens is 451 g/mol. The van der Waals surface area contributed by atoms with Gasteiger partial charge in [-0.3, -0.25) is 4.99 Å². The minimum absolute atomic E-state index is 0. The molecule has 20 heavy (non-hydrogen) atoms. The third kappa shape index (κ3) is 5.50. The fraction of sp³-hybridized carbons (Fsp3) is 0.615. The van der Waals surface area contributed by atoms with Crippen molar-refractivity contribution in [2.45, 2.75) is 13.0 Å². The minimum atomic E-state index is 0. The van der Waals surface area contributed by atoms with Crippen LogP contribution in [0.4, 0.5) is 0 Å². The Morgan fingerprint density at radius 1 is 1.50 bits per heavy atom. The first-order valence-electron chi connectivity index (χ1n) is 6.57. The van der Waals surface area contributed by atoms with Crippen LogP contribution in [0.3, 0.4) is 0 Å². The van der Waals surface area contributed by atoms with Crippen LogP contribution in [0.1, 0.15) is 11.3 Å². The zero-order chi connectivity index (χ0) is 13.7. The molecule has 0 saturated carbocycles. The Morgan fingerprint density at radius 3 is 2.75 bits per heavy atom. The van der Waals surface area contributed by atoms with E-state index in [0.717, 1.165) is 25.6 Å². The summed E-state index contributed by atoms with van der Waals surface area (Å²) >= 11 is 5.27. The predicted octanol–water partition coefficient (Wildman–Crippen LogP) is 2.84. The third-order valence-electron chi connectivity index (χ3n) is 3.26. The van der Waals surface area contributed by atoms with Crippen molar-refractivity contribution in [2.75, 3.05) is 40.3 Å². The van der Waals surface area contributed by atoms with E-state index in [-0.39, 0.29) is 24.0 Å². The summed E-state index contributed by atoms with van der Waals surface area (Å²) in [4.78, 5) is 10.3. The van der Waals surface area contributed by atoms with Crippen molar-refractivity contribution in [2.24, 2.45) is 4.99 Å². The minimum Gasteiger partial charge on any atom is -0.355 e. The molecule has 0 radical (unpaired) electrons. The summed E-state index contributed by atoms with van der Waals surface area (Å²) in [7, 11) is 3.92. The van der Waals surface area contributed by atoms with Crippen LogP contribution < -0.4 is 5.32 Å². The second-order valence-corrected chi connectivity index (χ2v) is 7.28. The first kappa shape index (κ1) is 18.2. The lowest BCUT2D eigenvalue weighted by molar-refractivity contribution is 0.184. The molecule has 114 valence electrons. The van der Waals surface area contributed by atoms with Crippen LogP contribution in [-0.4, -0.2) is 56.0 Å². The standard InChI is InChI=1S/C13H21BrN4S.HI/c1-15-13(16-6-9-18-7-3-8-18)17(2)10-11-4-5-12(14)19-11;/h4-5H,3,6-10H2,1-2H3,(H,15,16);1H. The molecule has 0 unspecified atom stereocenters. The highest BCUT2D eigenvalue weighted by molar-refractivity contribution is 14.0. The molecule has 0 spiro atoms. The molecule has 1 aromatic heterocycles. The molecule has 0 aromatic carbocycles. The lowest BCUT2D eigenvalue weighted by Crippen LogP contribution is -2.45. The van der Waals surface area contributed by atoms with Gasteiger partial charge in [0.1, 0.15) is 0 Å². The van der Waals surface area contributed by atoms with Crippen molar-refractivity contribution in [3.63, 3.8) is 0 Å². The highest BCUT2D eigenvalue weighted by Gasteiger charge is 2.13. The van der Waals surface area contributed by atoms with Gasteiger partial charge in [-0.15, -0.1) is 35.3 Å². The number of hydrogen-bond donors (Lipinski definition) is 1. The van der Waals surface area contributed by atoms with Gasteiger partial charge in [0.15, 0.2) is 5.96 Å². The average molecular weight is 473 g/mol. The summed E-state index contributed by atoms with van der Waals surface area (Å²) < 4.78 is 1.18. The number of likely N-dealkylation sites (tertiary alicyclic amines) is 1. The quantitative estimate of drug-likeness (QED) is 0.406. The van der Waals surface area contributed by atoms with Gasteiger partial charge in [-0.25, -0.2) is 0 Å². The van der Waals surface area contributed by atoms with E-state index in [1.807, 2.05) is 7.05 Å². The molecule has 7 heteroatoms. The molecule has 1 fully saturated rings. The maximum Gasteiger partial charge on any atom is 0.193 e. The second-order valence-electron chi connectivity index (χ2n) is 4.73. The van der Waals surface area contributed by atoms with Crippen molar-refractivity contribution < 1.29 is 0 Å². The van der Waals surface area contributed by atoms with Crippen LogP contribution >= 0.6 is 51.2 Å². The molecule has 1 aliphatic rings. The van der Waals surface area contributed by atoms with Gasteiger partial charge in [0.2, 0.25) is 0 Å². The molecule has 1 aromatic rings. The number of guanidine groups is 1. The lowest BCUT2D eigenvalue weighted by Gasteiger charge is -2.31. The monoisotopic (exact) mass is 472 g/mol. The molecule has 1 N–H and O–H groups in total. The molecule has 1 saturated heterocycles. The van der Waals surface area contributed by atoms with Crippen LogP contribution in [0.5, 0.6) is 0 Å². The molecular formula is C13H22BrIN4S. The second kappa shape index (κ2) is 9.22. The van der Waals surface area contributed by atoms with Gasteiger partial charge in [-0.1, -0.05) is 0 Å². The molecule has 0 aliphatic carbocycles. The van der Waals surface area contributed by atoms with E-state index in [1.54, 1.807) is 11.3 Å². The Labute approximate surface area is 150 Å². The van der Waals surface area contributed by atoms with Gasteiger partial charge >= 0.3 is 0 Å². The normalized spacial score (nSPS) is 15.4. The maximum absolute atomic E-state index is 4.34. The zero-order valence-corrected chi connectivity index (χ0v) is 16.7. The summed E-state index contributed by atoms with van der Waals surface area (Å²) in [5.41, 5.74) is 0. The fourth-order valence-corrected chi connectivity index (χ4v) is 3.60. The molecule has 0 bridgehead atoms. The first-order valence-corrected chi connectivity index (χ1v) is 8.18. The van der Waals surface area contributed by atoms with Crippen LogP contribution in [0.15, 0.2) is 20.9 Å². The van der Waals surface area contributed by atoms with E-state index in [2.05, 4.69) is 55.2 Å². The zero-order valence-electron chi connectivity index (χ0n) is 11.9. The van der Waals surface area contributed by atoms with E-state index in [4.69, 9.17) is 0 Å². The Kier molecular flexibility index (Phi) is 8.38. The predicted molar refractivity (Wildman–Crippen MR) is 101 cm³/mol. The molecule has 0 atom stereocenters. The van der Waals surface area contributed by atoms with Crippen molar-refractivity contribution in [3.8, 4) is 0 Å². The average Bonchev–Trinajstić information content (AvgIpc) is 2.72. The van der Waals surface area contributed by atoms with Crippen LogP contribution in [0.2, 0.25) is 0 Å². The van der Waals surface area contributed by atoms with E-state index < -0.39 is 0 Å². The summed E-state index contributed by atoms with van der Waals surface area (Å²) in [5.74, 6) is 0.963. The maximum atomic E-state index is 4.34. The summed E-state index contributed by atoms with van der Waals surface area (Å²) in [6, 6.07) is 4.24. The third-order valence-corrected chi connectivity index (χ3v) is 4.86. The molecule has 1 aliphatic heterocycles. The number of halogens is 2. The van der Waals surface area contributed by atoms with Gasteiger partial charge in [-0.2, -0.15) is 0 Å². The SMILES string of the molecule is CN=C(NCCN1CCC1)N(C)Cc1ccc(Br)s1.I. The largest absolute Gasteiger partial charge is 0.355 e. The van der Waals surface area contributed by atoms with Crippen LogP contribution in [-0.2, 0) is 6.54 Å². The lowest BCUT2D eigenvalue weighted by atomic mass is 10.2. The Hall–Kier alpha value is 0.140. The van der Waals surface area contributed by atoms with Gasteiger partial charge in [-0.05, 0) is 47.6 Å². The highest BCUT2D eigenvalue weighted by atomic mass is 127. The van der Waals surface area contributed by atoms with Crippen molar-refractivity contribution in [1.82, 2.24) is 15.1 Å². The van der Waals surface area contributed by atoms with E-state index in [9.17, 15) is 0 Å². The Bertz CT molecular complexity index is 434. The van der Waals surface area contributed by atoms with Crippen LogP contribution in [0.25, 0.3) is 0 Å². The molecule has 4 nitrogen and oxygen atoms in total. The van der Waals surface area contributed by atoms with E-state index >= 15 is 0 Å². The number of nitrogens with one attached hydrogen (secondary N) is 1. The molecule has 0 amide bonds. The smallest absolute Gasteiger partial charge is 0.193 e. The van der Waals surface area contributed by atoms with Crippen molar-refractivity contribution in [1.29, 1.82) is 0 Å². The fourth-order valence-electron chi connectivity index (χ4n) is 2.06. The van der Waals surface area contributed by atoms with Crippen molar-refractivity contribution >= 4 is 57.2 Å². The number of hydrogen-bond acceptors (Lipinski definition) is 3. The van der Waals surface area contributed by atoms with Gasteiger partial charge < -0.3 is 15.1 Å². The number of rotatable bonds is 5. The van der Waals surface area contributed by atoms with Gasteiger partial charge in [0, 0.05) is 32.1 Å². The number of nitrogens with zero attached hydrogens (tertiary/aromatic N) is 3. The molecule has 2 rings (SSSR count). The highest BCUT2D eigenvalue weighted by Crippen LogP contribution is 2.22. The van der Waals surface area contributed by atoms with Crippen LogP contribution in [0, 0.1) is 0 Å². The number of thiophene rings is 1. The summed E-state index contributed by atoms with van der Waals surface area (Å²) in [6.45, 7) is 5.46. The summed E-state index contributed by atoms with van der Waals surface area (Å²) in [5, 5.41) is 3.42. The topological polar surface area (TPSA) is 30.9 Å². The Balaban J connectivity index is 0.00000200. The number of aliphatic imine (C=N–C) groups is 1. The molecule has 2 heterocycles. The van der Waals surface area contributed by atoms with E-state index in [1.165, 1.54) is 28.2 Å². The van der Waals surface area contributed by atoms with Gasteiger partial charge in [0.05, 0.1) is 10.3 Å². The Morgan fingerprint density at radius 2 is 2.25 bits per heavy atom. The summed E-state index contributed by atoms with van der Waals surface area (Å²) in [6.07, 6.45) is 1.35. The first-order chi connectivity index (χ1) is 9.19. The van der Waals surface area contributed by atoms with Crippen molar-refractivity contribution in [3.05, 3.63) is 20.8 Å².